The maximum atomic E-state index is 6.29. The van der Waals surface area contributed by atoms with Crippen LogP contribution in [0.3, 0.4) is 0 Å². The van der Waals surface area contributed by atoms with Crippen LogP contribution in [0.15, 0.2) is 39.8 Å². The van der Waals surface area contributed by atoms with Gasteiger partial charge in [-0.05, 0) is 31.9 Å². The lowest BCUT2D eigenvalue weighted by Crippen LogP contribution is -2.45. The molecule has 0 radical (unpaired) electrons. The van der Waals surface area contributed by atoms with E-state index in [1.165, 1.54) is 17.7 Å². The minimum Gasteiger partial charge on any atom is -0.339 e. The first-order valence-electron chi connectivity index (χ1n) is 7.45. The van der Waals surface area contributed by atoms with E-state index in [9.17, 15) is 0 Å². The van der Waals surface area contributed by atoms with Crippen molar-refractivity contribution in [3.8, 4) is 0 Å². The van der Waals surface area contributed by atoms with Gasteiger partial charge in [-0.25, -0.2) is 0 Å². The Balaban J connectivity index is 1.68. The molecule has 4 nitrogen and oxygen atoms in total. The van der Waals surface area contributed by atoms with E-state index in [4.69, 9.17) is 10.3 Å². The number of hydrogen-bond donors (Lipinski definition) is 1. The molecule has 0 spiro atoms. The third kappa shape index (κ3) is 3.14. The Morgan fingerprint density at radius 2 is 2.14 bits per heavy atom. The lowest BCUT2D eigenvalue weighted by Gasteiger charge is -2.35. The number of hydrogen-bond acceptors (Lipinski definition) is 5. The number of rotatable bonds is 4. The third-order valence-electron chi connectivity index (χ3n) is 4.35. The summed E-state index contributed by atoms with van der Waals surface area (Å²) in [5.74, 6) is 2.18. The Morgan fingerprint density at radius 1 is 1.33 bits per heavy atom. The summed E-state index contributed by atoms with van der Waals surface area (Å²) in [5.41, 5.74) is 6.12. The second-order valence-electron chi connectivity index (χ2n) is 5.89. The second kappa shape index (κ2) is 6.20. The molecule has 0 bridgehead atoms. The normalized spacial score (nSPS) is 25.9. The number of thioether (sulfide) groups is 1. The summed E-state index contributed by atoms with van der Waals surface area (Å²) in [6, 6.07) is 10.4. The van der Waals surface area contributed by atoms with Gasteiger partial charge >= 0.3 is 0 Å². The topological polar surface area (TPSA) is 64.9 Å². The number of nitrogens with zero attached hydrogens (tertiary/aromatic N) is 2. The maximum absolute atomic E-state index is 6.29. The van der Waals surface area contributed by atoms with E-state index in [0.717, 1.165) is 24.4 Å². The molecule has 1 aliphatic rings. The van der Waals surface area contributed by atoms with Crippen molar-refractivity contribution in [3.63, 3.8) is 0 Å². The van der Waals surface area contributed by atoms with Gasteiger partial charge in [-0.3, -0.25) is 0 Å². The number of nitrogens with two attached hydrogens (primary N) is 1. The van der Waals surface area contributed by atoms with Gasteiger partial charge in [0.05, 0.1) is 11.2 Å². The fourth-order valence-corrected chi connectivity index (χ4v) is 3.60. The van der Waals surface area contributed by atoms with Gasteiger partial charge in [-0.1, -0.05) is 36.2 Å². The van der Waals surface area contributed by atoms with Crippen LogP contribution in [-0.4, -0.2) is 16.2 Å². The van der Waals surface area contributed by atoms with Gasteiger partial charge in [-0.15, -0.1) is 11.8 Å². The molecule has 5 heteroatoms. The molecule has 1 aliphatic carbocycles. The molecule has 1 heterocycles. The van der Waals surface area contributed by atoms with Crippen molar-refractivity contribution >= 4 is 11.8 Å². The van der Waals surface area contributed by atoms with Gasteiger partial charge < -0.3 is 10.3 Å². The molecular weight excluding hydrogens is 282 g/mol. The van der Waals surface area contributed by atoms with Gasteiger partial charge in [0.15, 0.2) is 5.82 Å². The molecule has 1 saturated carbocycles. The van der Waals surface area contributed by atoms with Crippen molar-refractivity contribution in [2.24, 2.45) is 5.73 Å². The van der Waals surface area contributed by atoms with Gasteiger partial charge in [0, 0.05) is 10.9 Å². The fraction of sp³-hybridized carbons (Fsp3) is 0.500. The van der Waals surface area contributed by atoms with E-state index < -0.39 is 0 Å². The van der Waals surface area contributed by atoms with Crippen molar-refractivity contribution in [2.45, 2.75) is 54.7 Å². The highest BCUT2D eigenvalue weighted by Gasteiger charge is 2.40. The van der Waals surface area contributed by atoms with E-state index in [2.05, 4.69) is 29.2 Å². The largest absolute Gasteiger partial charge is 0.339 e. The van der Waals surface area contributed by atoms with Crippen LogP contribution >= 0.6 is 11.8 Å². The van der Waals surface area contributed by atoms with Crippen molar-refractivity contribution in [1.82, 2.24) is 10.1 Å². The van der Waals surface area contributed by atoms with Crippen LogP contribution < -0.4 is 5.73 Å². The van der Waals surface area contributed by atoms with Crippen LogP contribution in [0, 0.1) is 0 Å². The molecule has 3 rings (SSSR count). The standard InChI is InChI=1S/C16H21N3OS/c1-16(10-6-5-9-13(16)17)15-18-14(19-20-15)11-21-12-7-3-2-4-8-12/h2-4,7-8,13H,5-6,9-11,17H2,1H3. The Morgan fingerprint density at radius 3 is 2.90 bits per heavy atom. The summed E-state index contributed by atoms with van der Waals surface area (Å²) in [5, 5.41) is 4.12. The predicted octanol–water partition coefficient (Wildman–Crippen LogP) is 3.52. The molecule has 2 N–H and O–H groups in total. The Kier molecular flexibility index (Phi) is 4.31. The molecule has 1 aromatic heterocycles. The van der Waals surface area contributed by atoms with Crippen LogP contribution in [0.5, 0.6) is 0 Å². The van der Waals surface area contributed by atoms with Crippen LogP contribution in [0.25, 0.3) is 0 Å². The van der Waals surface area contributed by atoms with E-state index >= 15 is 0 Å². The summed E-state index contributed by atoms with van der Waals surface area (Å²) in [6.07, 6.45) is 4.44. The highest BCUT2D eigenvalue weighted by atomic mass is 32.2. The molecule has 2 aromatic rings. The lowest BCUT2D eigenvalue weighted by atomic mass is 9.72. The Hall–Kier alpha value is -1.33. The van der Waals surface area contributed by atoms with Crippen LogP contribution in [0.2, 0.25) is 0 Å². The minimum absolute atomic E-state index is 0.112. The lowest BCUT2D eigenvalue weighted by molar-refractivity contribution is 0.203. The van der Waals surface area contributed by atoms with Crippen molar-refractivity contribution in [3.05, 3.63) is 42.0 Å². The highest BCUT2D eigenvalue weighted by molar-refractivity contribution is 7.98. The SMILES string of the molecule is CC1(c2nc(CSc3ccccc3)no2)CCCCC1N. The second-order valence-corrected chi connectivity index (χ2v) is 6.94. The maximum Gasteiger partial charge on any atom is 0.234 e. The van der Waals surface area contributed by atoms with Gasteiger partial charge in [-0.2, -0.15) is 4.98 Å². The monoisotopic (exact) mass is 303 g/mol. The summed E-state index contributed by atoms with van der Waals surface area (Å²) in [4.78, 5) is 5.80. The van der Waals surface area contributed by atoms with Crippen molar-refractivity contribution < 1.29 is 4.52 Å². The zero-order valence-corrected chi connectivity index (χ0v) is 13.1. The first kappa shape index (κ1) is 14.6. The molecular formula is C16H21N3OS. The molecule has 0 aliphatic heterocycles. The molecule has 0 saturated heterocycles. The molecule has 0 amide bonds. The molecule has 1 aromatic carbocycles. The molecule has 21 heavy (non-hydrogen) atoms. The number of benzene rings is 1. The van der Waals surface area contributed by atoms with E-state index in [-0.39, 0.29) is 11.5 Å². The van der Waals surface area contributed by atoms with Crippen LogP contribution in [0.4, 0.5) is 0 Å². The van der Waals surface area contributed by atoms with Crippen molar-refractivity contribution in [1.29, 1.82) is 0 Å². The zero-order valence-electron chi connectivity index (χ0n) is 12.3. The first-order valence-corrected chi connectivity index (χ1v) is 8.43. The minimum atomic E-state index is -0.166. The summed E-state index contributed by atoms with van der Waals surface area (Å²) in [7, 11) is 0. The smallest absolute Gasteiger partial charge is 0.234 e. The van der Waals surface area contributed by atoms with Crippen LogP contribution in [0.1, 0.15) is 44.3 Å². The molecule has 2 unspecified atom stereocenters. The predicted molar refractivity (Wildman–Crippen MR) is 84.1 cm³/mol. The van der Waals surface area contributed by atoms with Gasteiger partial charge in [0.2, 0.25) is 5.89 Å². The summed E-state index contributed by atoms with van der Waals surface area (Å²) >= 11 is 1.72. The Bertz CT molecular complexity index is 586. The summed E-state index contributed by atoms with van der Waals surface area (Å²) in [6.45, 7) is 2.15. The van der Waals surface area contributed by atoms with Gasteiger partial charge in [0.25, 0.3) is 0 Å². The highest BCUT2D eigenvalue weighted by Crippen LogP contribution is 2.37. The van der Waals surface area contributed by atoms with Gasteiger partial charge in [0.1, 0.15) is 0 Å². The van der Waals surface area contributed by atoms with E-state index in [1.807, 2.05) is 18.2 Å². The Labute approximate surface area is 129 Å². The number of aromatic nitrogens is 2. The zero-order chi connectivity index (χ0) is 14.7. The van der Waals surface area contributed by atoms with Crippen LogP contribution in [-0.2, 0) is 11.2 Å². The average molecular weight is 303 g/mol. The molecule has 112 valence electrons. The summed E-state index contributed by atoms with van der Waals surface area (Å²) < 4.78 is 5.51. The van der Waals surface area contributed by atoms with Crippen molar-refractivity contribution in [2.75, 3.05) is 0 Å². The quantitative estimate of drug-likeness (QED) is 0.875. The third-order valence-corrected chi connectivity index (χ3v) is 5.36. The first-order chi connectivity index (χ1) is 10.2. The molecule has 2 atom stereocenters. The fourth-order valence-electron chi connectivity index (χ4n) is 2.84. The molecule has 1 fully saturated rings. The van der Waals surface area contributed by atoms with E-state index in [1.54, 1.807) is 11.8 Å². The van der Waals surface area contributed by atoms with E-state index in [0.29, 0.717) is 5.89 Å². The average Bonchev–Trinajstić information content (AvgIpc) is 2.99.